The maximum atomic E-state index is 5.92. The first-order valence-corrected chi connectivity index (χ1v) is 7.58. The van der Waals surface area contributed by atoms with Crippen LogP contribution in [0.5, 0.6) is 0 Å². The highest BCUT2D eigenvalue weighted by Crippen LogP contribution is 2.25. The fourth-order valence-electron chi connectivity index (χ4n) is 2.40. The van der Waals surface area contributed by atoms with Crippen molar-refractivity contribution in [1.29, 1.82) is 0 Å². The number of aromatic nitrogens is 2. The highest BCUT2D eigenvalue weighted by Gasteiger charge is 2.25. The van der Waals surface area contributed by atoms with Gasteiger partial charge in [0.25, 0.3) is 5.95 Å². The van der Waals surface area contributed by atoms with E-state index in [0.717, 1.165) is 30.0 Å². The number of anilines is 1. The Morgan fingerprint density at radius 2 is 2.14 bits per heavy atom. The molecule has 1 aromatic carbocycles. The van der Waals surface area contributed by atoms with Gasteiger partial charge in [-0.25, -0.2) is 0 Å². The predicted molar refractivity (Wildman–Crippen MR) is 80.7 cm³/mol. The molecular weight excluding hydrogens is 290 g/mol. The second-order valence-electron chi connectivity index (χ2n) is 5.10. The average Bonchev–Trinajstić information content (AvgIpc) is 2.97. The van der Waals surface area contributed by atoms with Crippen LogP contribution in [0.4, 0.5) is 5.95 Å². The maximum Gasteiger partial charge on any atom is 0.266 e. The van der Waals surface area contributed by atoms with Gasteiger partial charge in [0, 0.05) is 18.0 Å². The second-order valence-corrected chi connectivity index (χ2v) is 5.53. The van der Waals surface area contributed by atoms with Gasteiger partial charge in [0.05, 0.1) is 13.2 Å². The molecular formula is C15H18ClN3O2. The van der Waals surface area contributed by atoms with Gasteiger partial charge in [-0.2, -0.15) is 4.98 Å². The summed E-state index contributed by atoms with van der Waals surface area (Å²) in [6.07, 6.45) is 1.82. The molecule has 112 valence electrons. The van der Waals surface area contributed by atoms with E-state index in [1.165, 1.54) is 0 Å². The molecule has 1 aromatic heterocycles. The number of ether oxygens (including phenoxy) is 1. The van der Waals surface area contributed by atoms with Crippen molar-refractivity contribution in [1.82, 2.24) is 10.1 Å². The largest absolute Gasteiger partial charge is 0.370 e. The molecule has 21 heavy (non-hydrogen) atoms. The topological polar surface area (TPSA) is 51.4 Å². The molecule has 0 aliphatic carbocycles. The van der Waals surface area contributed by atoms with E-state index >= 15 is 0 Å². The standard InChI is InChI=1S/C15H18ClN3O2/c1-2-3-14-17-15(18-21-14)19-8-9-20-13(10-19)11-4-6-12(16)7-5-11/h4-7,13H,2-3,8-10H2,1H3. The monoisotopic (exact) mass is 307 g/mol. The fourth-order valence-corrected chi connectivity index (χ4v) is 2.53. The molecule has 1 atom stereocenters. The molecule has 1 saturated heterocycles. The number of rotatable bonds is 4. The van der Waals surface area contributed by atoms with E-state index in [9.17, 15) is 0 Å². The molecule has 2 aromatic rings. The molecule has 2 heterocycles. The van der Waals surface area contributed by atoms with Gasteiger partial charge < -0.3 is 14.2 Å². The molecule has 1 fully saturated rings. The number of hydrogen-bond donors (Lipinski definition) is 0. The van der Waals surface area contributed by atoms with Gasteiger partial charge >= 0.3 is 0 Å². The lowest BCUT2D eigenvalue weighted by molar-refractivity contribution is 0.0391. The lowest BCUT2D eigenvalue weighted by Crippen LogP contribution is -2.39. The number of morpholine rings is 1. The van der Waals surface area contributed by atoms with Gasteiger partial charge in [0.15, 0.2) is 0 Å². The smallest absolute Gasteiger partial charge is 0.266 e. The van der Waals surface area contributed by atoms with E-state index in [4.69, 9.17) is 20.9 Å². The molecule has 6 heteroatoms. The molecule has 1 unspecified atom stereocenters. The highest BCUT2D eigenvalue weighted by atomic mass is 35.5. The third-order valence-electron chi connectivity index (χ3n) is 3.51. The van der Waals surface area contributed by atoms with Crippen LogP contribution in [-0.2, 0) is 11.2 Å². The van der Waals surface area contributed by atoms with Crippen molar-refractivity contribution in [3.8, 4) is 0 Å². The van der Waals surface area contributed by atoms with Crippen molar-refractivity contribution in [2.45, 2.75) is 25.9 Å². The Morgan fingerprint density at radius 3 is 2.90 bits per heavy atom. The Hall–Kier alpha value is -1.59. The van der Waals surface area contributed by atoms with Crippen molar-refractivity contribution >= 4 is 17.5 Å². The fraction of sp³-hybridized carbons (Fsp3) is 0.467. The normalized spacial score (nSPS) is 19.0. The molecule has 1 aliphatic rings. The van der Waals surface area contributed by atoms with Crippen LogP contribution in [0.25, 0.3) is 0 Å². The first-order chi connectivity index (χ1) is 10.3. The van der Waals surface area contributed by atoms with E-state index in [1.54, 1.807) is 0 Å². The van der Waals surface area contributed by atoms with Crippen LogP contribution in [0, 0.1) is 0 Å². The minimum atomic E-state index is 0.00384. The van der Waals surface area contributed by atoms with Gasteiger partial charge in [-0.3, -0.25) is 0 Å². The zero-order valence-electron chi connectivity index (χ0n) is 12.0. The van der Waals surface area contributed by atoms with Crippen LogP contribution in [0.2, 0.25) is 5.02 Å². The first kappa shape index (κ1) is 14.4. The number of halogens is 1. The first-order valence-electron chi connectivity index (χ1n) is 7.21. The van der Waals surface area contributed by atoms with Crippen molar-refractivity contribution < 1.29 is 9.26 Å². The van der Waals surface area contributed by atoms with Gasteiger partial charge in [0.1, 0.15) is 6.10 Å². The van der Waals surface area contributed by atoms with E-state index in [1.807, 2.05) is 24.3 Å². The third-order valence-corrected chi connectivity index (χ3v) is 3.76. The van der Waals surface area contributed by atoms with Gasteiger partial charge in [-0.05, 0) is 29.3 Å². The lowest BCUT2D eigenvalue weighted by Gasteiger charge is -2.32. The van der Waals surface area contributed by atoms with E-state index in [0.29, 0.717) is 25.0 Å². The molecule has 0 spiro atoms. The molecule has 0 bridgehead atoms. The van der Waals surface area contributed by atoms with Crippen LogP contribution in [0.1, 0.15) is 30.9 Å². The Labute approximate surface area is 128 Å². The minimum absolute atomic E-state index is 0.00384. The summed E-state index contributed by atoms with van der Waals surface area (Å²) in [6.45, 7) is 4.22. The second kappa shape index (κ2) is 6.45. The third kappa shape index (κ3) is 3.36. The molecule has 0 radical (unpaired) electrons. The summed E-state index contributed by atoms with van der Waals surface area (Å²) in [7, 11) is 0. The van der Waals surface area contributed by atoms with Crippen molar-refractivity contribution in [3.05, 3.63) is 40.7 Å². The Balaban J connectivity index is 1.71. The quantitative estimate of drug-likeness (QED) is 0.868. The van der Waals surface area contributed by atoms with Crippen molar-refractivity contribution in [3.63, 3.8) is 0 Å². The van der Waals surface area contributed by atoms with Gasteiger partial charge in [0.2, 0.25) is 5.89 Å². The van der Waals surface area contributed by atoms with E-state index in [-0.39, 0.29) is 6.10 Å². The number of nitrogens with zero attached hydrogens (tertiary/aromatic N) is 3. The number of benzene rings is 1. The maximum absolute atomic E-state index is 5.92. The molecule has 0 saturated carbocycles. The summed E-state index contributed by atoms with van der Waals surface area (Å²) in [6, 6.07) is 7.75. The zero-order valence-corrected chi connectivity index (χ0v) is 12.7. The van der Waals surface area contributed by atoms with Crippen molar-refractivity contribution in [2.24, 2.45) is 0 Å². The van der Waals surface area contributed by atoms with Crippen LogP contribution in [0.15, 0.2) is 28.8 Å². The predicted octanol–water partition coefficient (Wildman–Crippen LogP) is 3.25. The summed E-state index contributed by atoms with van der Waals surface area (Å²) in [4.78, 5) is 6.54. The molecule has 0 N–H and O–H groups in total. The molecule has 3 rings (SSSR count). The Bertz CT molecular complexity index is 585. The van der Waals surface area contributed by atoms with Crippen LogP contribution in [-0.4, -0.2) is 29.8 Å². The summed E-state index contributed by atoms with van der Waals surface area (Å²) in [5.74, 6) is 1.35. The highest BCUT2D eigenvalue weighted by molar-refractivity contribution is 6.30. The summed E-state index contributed by atoms with van der Waals surface area (Å²) in [5.41, 5.74) is 1.11. The average molecular weight is 308 g/mol. The Kier molecular flexibility index (Phi) is 4.41. The van der Waals surface area contributed by atoms with Crippen LogP contribution >= 0.6 is 11.6 Å². The van der Waals surface area contributed by atoms with Gasteiger partial charge in [-0.1, -0.05) is 30.7 Å². The van der Waals surface area contributed by atoms with E-state index in [2.05, 4.69) is 22.0 Å². The van der Waals surface area contributed by atoms with Crippen LogP contribution in [0.3, 0.4) is 0 Å². The molecule has 1 aliphatic heterocycles. The van der Waals surface area contributed by atoms with Crippen molar-refractivity contribution in [2.75, 3.05) is 24.6 Å². The zero-order chi connectivity index (χ0) is 14.7. The van der Waals surface area contributed by atoms with Gasteiger partial charge in [-0.15, -0.1) is 0 Å². The number of aryl methyl sites for hydroxylation is 1. The minimum Gasteiger partial charge on any atom is -0.370 e. The summed E-state index contributed by atoms with van der Waals surface area (Å²) < 4.78 is 11.1. The lowest BCUT2D eigenvalue weighted by atomic mass is 10.1. The summed E-state index contributed by atoms with van der Waals surface area (Å²) >= 11 is 5.92. The Morgan fingerprint density at radius 1 is 1.33 bits per heavy atom. The van der Waals surface area contributed by atoms with Crippen LogP contribution < -0.4 is 4.90 Å². The summed E-state index contributed by atoms with van der Waals surface area (Å²) in [5, 5.41) is 4.79. The molecule has 5 nitrogen and oxygen atoms in total. The number of hydrogen-bond acceptors (Lipinski definition) is 5. The van der Waals surface area contributed by atoms with E-state index < -0.39 is 0 Å². The molecule has 0 amide bonds. The SMILES string of the molecule is CCCc1nc(N2CCOC(c3ccc(Cl)cc3)C2)no1.